The van der Waals surface area contributed by atoms with Gasteiger partial charge in [-0.2, -0.15) is 18.3 Å². The van der Waals surface area contributed by atoms with Crippen LogP contribution in [0, 0.1) is 6.92 Å². The van der Waals surface area contributed by atoms with Gasteiger partial charge in [0.2, 0.25) is 0 Å². The highest BCUT2D eigenvalue weighted by molar-refractivity contribution is 6.30. The van der Waals surface area contributed by atoms with Gasteiger partial charge in [0.1, 0.15) is 0 Å². The third kappa shape index (κ3) is 6.92. The molecule has 198 valence electrons. The van der Waals surface area contributed by atoms with E-state index in [1.807, 2.05) is 12.1 Å². The first-order chi connectivity index (χ1) is 18.2. The summed E-state index contributed by atoms with van der Waals surface area (Å²) in [4.78, 5) is 17.3. The number of rotatable bonds is 10. The van der Waals surface area contributed by atoms with E-state index in [-0.39, 0.29) is 0 Å². The second-order valence-electron chi connectivity index (χ2n) is 8.85. The topological polar surface area (TPSA) is 71.8 Å². The van der Waals surface area contributed by atoms with Gasteiger partial charge >= 0.3 is 6.18 Å². The van der Waals surface area contributed by atoms with Crippen molar-refractivity contribution in [2.45, 2.75) is 38.4 Å². The number of aromatic nitrogens is 3. The Morgan fingerprint density at radius 1 is 1.05 bits per heavy atom. The van der Waals surface area contributed by atoms with Crippen molar-refractivity contribution in [3.05, 3.63) is 107 Å². The van der Waals surface area contributed by atoms with Crippen molar-refractivity contribution < 1.29 is 18.0 Å². The maximum absolute atomic E-state index is 13.4. The number of carbonyl (C=O) groups excluding carboxylic acids is 1. The Morgan fingerprint density at radius 3 is 2.55 bits per heavy atom. The van der Waals surface area contributed by atoms with E-state index in [0.717, 1.165) is 29.9 Å². The molecule has 2 heterocycles. The lowest BCUT2D eigenvalue weighted by molar-refractivity contribution is -0.137. The Balaban J connectivity index is 1.49. The molecule has 1 unspecified atom stereocenters. The predicted octanol–water partition coefficient (Wildman–Crippen LogP) is 7.00. The lowest BCUT2D eigenvalue weighted by Crippen LogP contribution is -2.29. The van der Waals surface area contributed by atoms with Crippen LogP contribution >= 0.6 is 11.6 Å². The summed E-state index contributed by atoms with van der Waals surface area (Å²) in [7, 11) is 0. The summed E-state index contributed by atoms with van der Waals surface area (Å²) in [5.41, 5.74) is 2.23. The van der Waals surface area contributed by atoms with Gasteiger partial charge in [0.05, 0.1) is 40.4 Å². The number of benzene rings is 2. The first kappa shape index (κ1) is 27.2. The van der Waals surface area contributed by atoms with E-state index in [0.29, 0.717) is 41.2 Å². The number of amides is 1. The highest BCUT2D eigenvalue weighted by Gasteiger charge is 2.31. The fourth-order valence-corrected chi connectivity index (χ4v) is 4.26. The van der Waals surface area contributed by atoms with Gasteiger partial charge < -0.3 is 10.6 Å². The summed E-state index contributed by atoms with van der Waals surface area (Å²) in [5, 5.41) is 11.1. The van der Waals surface area contributed by atoms with Gasteiger partial charge in [-0.05, 0) is 80.3 Å². The van der Waals surface area contributed by atoms with Gasteiger partial charge in [-0.3, -0.25) is 9.78 Å². The van der Waals surface area contributed by atoms with Crippen LogP contribution in [0.5, 0.6) is 0 Å². The Kier molecular flexibility index (Phi) is 8.68. The average molecular weight is 542 g/mol. The fourth-order valence-electron chi connectivity index (χ4n) is 4.14. The van der Waals surface area contributed by atoms with Gasteiger partial charge in [0.15, 0.2) is 0 Å². The van der Waals surface area contributed by atoms with Crippen LogP contribution in [0.3, 0.4) is 0 Å². The molecule has 0 aliphatic carbocycles. The molecule has 2 aromatic heterocycles. The molecular weight excluding hydrogens is 515 g/mol. The fraction of sp³-hybridized carbons (Fsp3) is 0.250. The van der Waals surface area contributed by atoms with Gasteiger partial charge in [-0.25, -0.2) is 4.68 Å². The van der Waals surface area contributed by atoms with E-state index >= 15 is 0 Å². The Morgan fingerprint density at radius 2 is 1.84 bits per heavy atom. The molecule has 0 aliphatic rings. The number of hydrogen-bond acceptors (Lipinski definition) is 4. The number of nitrogens with one attached hydrogen (secondary N) is 2. The van der Waals surface area contributed by atoms with E-state index < -0.39 is 23.7 Å². The van der Waals surface area contributed by atoms with Crippen LogP contribution in [0.1, 0.15) is 52.5 Å². The largest absolute Gasteiger partial charge is 0.416 e. The van der Waals surface area contributed by atoms with Crippen molar-refractivity contribution in [3.8, 4) is 5.69 Å². The van der Waals surface area contributed by atoms with Crippen LogP contribution < -0.4 is 10.6 Å². The highest BCUT2D eigenvalue weighted by Crippen LogP contribution is 2.32. The van der Waals surface area contributed by atoms with Crippen LogP contribution in [-0.4, -0.2) is 27.2 Å². The number of halogens is 4. The van der Waals surface area contributed by atoms with Gasteiger partial charge in [0, 0.05) is 24.0 Å². The molecule has 0 saturated heterocycles. The first-order valence-electron chi connectivity index (χ1n) is 12.1. The molecule has 0 fully saturated rings. The summed E-state index contributed by atoms with van der Waals surface area (Å²) in [5.74, 6) is -0.404. The third-order valence-corrected chi connectivity index (χ3v) is 6.41. The molecule has 0 spiro atoms. The van der Waals surface area contributed by atoms with Crippen molar-refractivity contribution in [2.24, 2.45) is 0 Å². The Bertz CT molecular complexity index is 1360. The Labute approximate surface area is 223 Å². The summed E-state index contributed by atoms with van der Waals surface area (Å²) < 4.78 is 41.8. The normalized spacial score (nSPS) is 12.2. The number of nitrogens with zero attached hydrogens (tertiary/aromatic N) is 3. The van der Waals surface area contributed by atoms with Crippen LogP contribution in [0.15, 0.2) is 79.3 Å². The molecule has 4 aromatic rings. The van der Waals surface area contributed by atoms with E-state index in [1.54, 1.807) is 54.3 Å². The minimum absolute atomic E-state index is 0.343. The number of pyridine rings is 1. The van der Waals surface area contributed by atoms with E-state index in [9.17, 15) is 18.0 Å². The van der Waals surface area contributed by atoms with Crippen LogP contribution in [-0.2, 0) is 6.18 Å². The monoisotopic (exact) mass is 541 g/mol. The summed E-state index contributed by atoms with van der Waals surface area (Å²) in [6.45, 7) is 2.43. The molecule has 0 aliphatic heterocycles. The highest BCUT2D eigenvalue weighted by atomic mass is 35.5. The number of alkyl halides is 3. The maximum atomic E-state index is 13.4. The molecule has 2 aromatic carbocycles. The summed E-state index contributed by atoms with van der Waals surface area (Å²) >= 11 is 5.97. The van der Waals surface area contributed by atoms with Crippen molar-refractivity contribution >= 4 is 23.2 Å². The molecular formula is C28H27ClF3N5O. The lowest BCUT2D eigenvalue weighted by atomic mass is 9.98. The predicted molar refractivity (Wildman–Crippen MR) is 142 cm³/mol. The molecule has 0 radical (unpaired) electrons. The van der Waals surface area contributed by atoms with E-state index in [2.05, 4.69) is 20.7 Å². The molecule has 4 rings (SSSR count). The second kappa shape index (κ2) is 12.1. The number of anilines is 1. The van der Waals surface area contributed by atoms with Crippen molar-refractivity contribution in [1.82, 2.24) is 20.1 Å². The zero-order valence-electron chi connectivity index (χ0n) is 20.7. The number of hydrogen-bond donors (Lipinski definition) is 2. The molecule has 6 nitrogen and oxygen atoms in total. The van der Waals surface area contributed by atoms with E-state index in [1.165, 1.54) is 12.3 Å². The van der Waals surface area contributed by atoms with Crippen molar-refractivity contribution in [1.29, 1.82) is 0 Å². The van der Waals surface area contributed by atoms with Crippen molar-refractivity contribution in [2.75, 3.05) is 11.9 Å². The molecule has 1 atom stereocenters. The smallest absolute Gasteiger partial charge is 0.384 e. The zero-order chi connectivity index (χ0) is 27.1. The third-order valence-electron chi connectivity index (χ3n) is 6.16. The molecule has 10 heteroatoms. The van der Waals surface area contributed by atoms with Gasteiger partial charge in [-0.15, -0.1) is 0 Å². The first-order valence-corrected chi connectivity index (χ1v) is 12.5. The van der Waals surface area contributed by atoms with Crippen LogP contribution in [0.25, 0.3) is 5.69 Å². The average Bonchev–Trinajstić information content (AvgIpc) is 3.29. The lowest BCUT2D eigenvalue weighted by Gasteiger charge is -2.21. The SMILES string of the molecule is Cc1c(C(=O)NC(CCCCNc2cccnc2)c2cccc(C(F)(F)F)c2)cnn1-c1ccc(Cl)cc1. The standard InChI is InChI=1S/C28H27ClF3N5O/c1-19-25(18-35-37(19)24-12-10-22(29)11-13-24)27(38)36-26(20-6-4-7-21(16-20)28(30,31)32)9-2-3-15-34-23-8-5-14-33-17-23/h4-8,10-14,16-18,26,34H,2-3,9,15H2,1H3,(H,36,38). The summed E-state index contributed by atoms with van der Waals surface area (Å²) in [6, 6.07) is 15.3. The zero-order valence-corrected chi connectivity index (χ0v) is 21.4. The van der Waals surface area contributed by atoms with Gasteiger partial charge in [-0.1, -0.05) is 23.7 Å². The van der Waals surface area contributed by atoms with E-state index in [4.69, 9.17) is 11.6 Å². The minimum atomic E-state index is -4.48. The van der Waals surface area contributed by atoms with Crippen molar-refractivity contribution in [3.63, 3.8) is 0 Å². The molecule has 38 heavy (non-hydrogen) atoms. The van der Waals surface area contributed by atoms with Crippen LogP contribution in [0.4, 0.5) is 18.9 Å². The summed E-state index contributed by atoms with van der Waals surface area (Å²) in [6.07, 6.45) is 2.29. The number of carbonyl (C=O) groups is 1. The molecule has 0 bridgehead atoms. The maximum Gasteiger partial charge on any atom is 0.416 e. The number of unbranched alkanes of at least 4 members (excludes halogenated alkanes) is 1. The Hall–Kier alpha value is -3.85. The minimum Gasteiger partial charge on any atom is -0.384 e. The van der Waals surface area contributed by atoms with Crippen LogP contribution in [0.2, 0.25) is 5.02 Å². The quantitative estimate of drug-likeness (QED) is 0.212. The molecule has 2 N–H and O–H groups in total. The molecule has 0 saturated carbocycles. The van der Waals surface area contributed by atoms with Gasteiger partial charge in [0.25, 0.3) is 5.91 Å². The second-order valence-corrected chi connectivity index (χ2v) is 9.28. The molecule has 1 amide bonds.